The SMILES string of the molecule is COc1cc(Cl)ccc1O[C@H](C)CCN(C)C(C)(C)CCC(C(N)=O)(c1ccccc1)c1ccccc1. The highest BCUT2D eigenvalue weighted by Crippen LogP contribution is 2.39. The summed E-state index contributed by atoms with van der Waals surface area (Å²) in [6.45, 7) is 7.30. The first-order chi connectivity index (χ1) is 17.6. The van der Waals surface area contributed by atoms with Crippen LogP contribution in [-0.2, 0) is 10.2 Å². The first kappa shape index (κ1) is 28.5. The molecule has 0 unspecified atom stereocenters. The van der Waals surface area contributed by atoms with Crippen LogP contribution in [0, 0.1) is 0 Å². The van der Waals surface area contributed by atoms with Crippen LogP contribution in [-0.4, -0.2) is 43.2 Å². The van der Waals surface area contributed by atoms with Gasteiger partial charge in [0.25, 0.3) is 0 Å². The molecule has 0 saturated heterocycles. The molecule has 0 aliphatic carbocycles. The Hall–Kier alpha value is -3.02. The summed E-state index contributed by atoms with van der Waals surface area (Å²) in [4.78, 5) is 15.5. The Morgan fingerprint density at radius 2 is 1.51 bits per heavy atom. The lowest BCUT2D eigenvalue weighted by Gasteiger charge is -2.40. The minimum absolute atomic E-state index is 0.0216. The van der Waals surface area contributed by atoms with Gasteiger partial charge in [-0.3, -0.25) is 4.79 Å². The molecule has 1 atom stereocenters. The summed E-state index contributed by atoms with van der Waals surface area (Å²) in [5.74, 6) is 0.971. The predicted octanol–water partition coefficient (Wildman–Crippen LogP) is 6.47. The molecule has 0 spiro atoms. The maximum atomic E-state index is 13.1. The maximum absolute atomic E-state index is 13.1. The third-order valence-corrected chi connectivity index (χ3v) is 7.66. The van der Waals surface area contributed by atoms with Crippen LogP contribution < -0.4 is 15.2 Å². The van der Waals surface area contributed by atoms with Crippen LogP contribution in [0.4, 0.5) is 0 Å². The molecule has 198 valence electrons. The average Bonchev–Trinajstić information content (AvgIpc) is 2.89. The topological polar surface area (TPSA) is 64.8 Å². The van der Waals surface area contributed by atoms with Crippen molar-refractivity contribution < 1.29 is 14.3 Å². The zero-order chi connectivity index (χ0) is 27.1. The number of halogens is 1. The lowest BCUT2D eigenvalue weighted by molar-refractivity contribution is -0.122. The Bertz CT molecular complexity index is 1110. The molecule has 3 aromatic rings. The van der Waals surface area contributed by atoms with Gasteiger partial charge in [0, 0.05) is 23.2 Å². The van der Waals surface area contributed by atoms with Gasteiger partial charge in [-0.2, -0.15) is 0 Å². The van der Waals surface area contributed by atoms with Gasteiger partial charge in [0.1, 0.15) is 0 Å². The number of methoxy groups -OCH3 is 1. The number of benzene rings is 3. The number of amides is 1. The van der Waals surface area contributed by atoms with Crippen LogP contribution in [0.3, 0.4) is 0 Å². The Kier molecular flexibility index (Phi) is 9.63. The fraction of sp³-hybridized carbons (Fsp3) is 0.387. The molecule has 0 aromatic heterocycles. The summed E-state index contributed by atoms with van der Waals surface area (Å²) in [6, 6.07) is 25.1. The second-order valence-electron chi connectivity index (χ2n) is 10.2. The van der Waals surface area contributed by atoms with Crippen LogP contribution >= 0.6 is 11.6 Å². The number of primary amides is 1. The largest absolute Gasteiger partial charge is 0.493 e. The highest BCUT2D eigenvalue weighted by atomic mass is 35.5. The summed E-state index contributed by atoms with van der Waals surface area (Å²) in [5, 5.41) is 0.608. The van der Waals surface area contributed by atoms with Crippen LogP contribution in [0.15, 0.2) is 78.9 Å². The monoisotopic (exact) mass is 522 g/mol. The number of carbonyl (C=O) groups excluding carboxylic acids is 1. The molecule has 3 rings (SSSR count). The van der Waals surface area contributed by atoms with E-state index in [0.29, 0.717) is 22.9 Å². The van der Waals surface area contributed by atoms with Crippen LogP contribution in [0.2, 0.25) is 5.02 Å². The van der Waals surface area contributed by atoms with E-state index >= 15 is 0 Å². The third kappa shape index (κ3) is 6.85. The average molecular weight is 523 g/mol. The zero-order valence-corrected chi connectivity index (χ0v) is 23.3. The molecule has 3 aromatic carbocycles. The molecule has 0 heterocycles. The minimum atomic E-state index is -0.901. The van der Waals surface area contributed by atoms with Crippen LogP contribution in [0.1, 0.15) is 51.2 Å². The van der Waals surface area contributed by atoms with Crippen molar-refractivity contribution in [1.29, 1.82) is 0 Å². The first-order valence-electron chi connectivity index (χ1n) is 12.7. The molecule has 2 N–H and O–H groups in total. The van der Waals surface area contributed by atoms with Crippen molar-refractivity contribution in [2.75, 3.05) is 20.7 Å². The van der Waals surface area contributed by atoms with E-state index in [1.807, 2.05) is 66.7 Å². The van der Waals surface area contributed by atoms with E-state index in [0.717, 1.165) is 30.5 Å². The molecule has 6 heteroatoms. The Morgan fingerprint density at radius 3 is 2.03 bits per heavy atom. The van der Waals surface area contributed by atoms with E-state index in [1.165, 1.54) is 0 Å². The van der Waals surface area contributed by atoms with Crippen LogP contribution in [0.25, 0.3) is 0 Å². The standard InChI is InChI=1S/C31H39ClN2O3/c1-23(37-27-17-16-26(32)22-28(27)36-5)18-21-34(4)30(2,3)19-20-31(29(33)35,24-12-8-6-9-13-24)25-14-10-7-11-15-25/h6-17,22-23H,18-21H2,1-5H3,(H2,33,35)/t23-/m1/s1. The van der Waals surface area contributed by atoms with E-state index in [9.17, 15) is 4.79 Å². The number of carbonyl (C=O) groups is 1. The van der Waals surface area contributed by atoms with Gasteiger partial charge in [-0.15, -0.1) is 0 Å². The van der Waals surface area contributed by atoms with E-state index in [2.05, 4.69) is 32.7 Å². The number of hydrogen-bond acceptors (Lipinski definition) is 4. The maximum Gasteiger partial charge on any atom is 0.232 e. The summed E-state index contributed by atoms with van der Waals surface area (Å²) in [5.41, 5.74) is 6.92. The fourth-order valence-electron chi connectivity index (χ4n) is 4.69. The molecule has 0 fully saturated rings. The van der Waals surface area contributed by atoms with Crippen molar-refractivity contribution in [1.82, 2.24) is 4.90 Å². The molecule has 0 saturated carbocycles. The van der Waals surface area contributed by atoms with Crippen molar-refractivity contribution in [2.45, 2.75) is 57.1 Å². The number of nitrogens with zero attached hydrogens (tertiary/aromatic N) is 1. The van der Waals surface area contributed by atoms with Gasteiger partial charge in [-0.25, -0.2) is 0 Å². The highest BCUT2D eigenvalue weighted by Gasteiger charge is 2.42. The Labute approximate surface area is 226 Å². The molecule has 5 nitrogen and oxygen atoms in total. The molecule has 0 bridgehead atoms. The summed E-state index contributed by atoms with van der Waals surface area (Å²) in [6.07, 6.45) is 2.18. The normalized spacial score (nSPS) is 12.8. The van der Waals surface area contributed by atoms with Gasteiger partial charge in [-0.1, -0.05) is 72.3 Å². The van der Waals surface area contributed by atoms with Gasteiger partial charge in [0.05, 0.1) is 18.6 Å². The van der Waals surface area contributed by atoms with Crippen molar-refractivity contribution >= 4 is 17.5 Å². The quantitative estimate of drug-likeness (QED) is 0.279. The van der Waals surface area contributed by atoms with Crippen molar-refractivity contribution in [3.05, 3.63) is 95.0 Å². The Morgan fingerprint density at radius 1 is 0.946 bits per heavy atom. The molecule has 1 amide bonds. The molecular formula is C31H39ClN2O3. The van der Waals surface area contributed by atoms with Gasteiger partial charge < -0.3 is 20.1 Å². The summed E-state index contributed by atoms with van der Waals surface area (Å²) in [7, 11) is 3.73. The summed E-state index contributed by atoms with van der Waals surface area (Å²) < 4.78 is 11.5. The third-order valence-electron chi connectivity index (χ3n) is 7.42. The number of nitrogens with two attached hydrogens (primary N) is 1. The Balaban J connectivity index is 1.71. The van der Waals surface area contributed by atoms with E-state index in [1.54, 1.807) is 19.2 Å². The summed E-state index contributed by atoms with van der Waals surface area (Å²) >= 11 is 6.07. The van der Waals surface area contributed by atoms with E-state index < -0.39 is 5.41 Å². The van der Waals surface area contributed by atoms with Crippen molar-refractivity contribution in [3.63, 3.8) is 0 Å². The molecule has 0 aliphatic heterocycles. The number of hydrogen-bond donors (Lipinski definition) is 1. The second kappa shape index (κ2) is 12.5. The number of rotatable bonds is 13. The molecule has 0 radical (unpaired) electrons. The van der Waals surface area contributed by atoms with Gasteiger partial charge in [0.15, 0.2) is 11.5 Å². The van der Waals surface area contributed by atoms with E-state index in [4.69, 9.17) is 26.8 Å². The van der Waals surface area contributed by atoms with E-state index in [-0.39, 0.29) is 17.6 Å². The lowest BCUT2D eigenvalue weighted by Crippen LogP contribution is -2.47. The fourth-order valence-corrected chi connectivity index (χ4v) is 4.85. The lowest BCUT2D eigenvalue weighted by atomic mass is 9.69. The first-order valence-corrected chi connectivity index (χ1v) is 13.1. The van der Waals surface area contributed by atoms with Gasteiger partial charge in [0.2, 0.25) is 5.91 Å². The molecule has 37 heavy (non-hydrogen) atoms. The predicted molar refractivity (Wildman–Crippen MR) is 152 cm³/mol. The smallest absolute Gasteiger partial charge is 0.232 e. The van der Waals surface area contributed by atoms with Crippen molar-refractivity contribution in [2.24, 2.45) is 5.73 Å². The zero-order valence-electron chi connectivity index (χ0n) is 22.5. The second-order valence-corrected chi connectivity index (χ2v) is 10.7. The minimum Gasteiger partial charge on any atom is -0.493 e. The van der Waals surface area contributed by atoms with Gasteiger partial charge in [-0.05, 0) is 70.3 Å². The van der Waals surface area contributed by atoms with Gasteiger partial charge >= 0.3 is 0 Å². The number of ether oxygens (including phenoxy) is 2. The molecule has 0 aliphatic rings. The highest BCUT2D eigenvalue weighted by molar-refractivity contribution is 6.30. The van der Waals surface area contributed by atoms with Crippen LogP contribution in [0.5, 0.6) is 11.5 Å². The molecular weight excluding hydrogens is 484 g/mol. The van der Waals surface area contributed by atoms with Crippen molar-refractivity contribution in [3.8, 4) is 11.5 Å².